The molecule has 1 aromatic rings. The highest BCUT2D eigenvalue weighted by atomic mass is 16.5. The normalized spacial score (nSPS) is 15.2. The topological polar surface area (TPSA) is 68.3 Å². The summed E-state index contributed by atoms with van der Waals surface area (Å²) in [5.41, 5.74) is 0.507. The number of amides is 2. The van der Waals surface area contributed by atoms with Gasteiger partial charge in [0.2, 0.25) is 0 Å². The van der Waals surface area contributed by atoms with E-state index in [0.29, 0.717) is 56.3 Å². The lowest BCUT2D eigenvalue weighted by Crippen LogP contribution is -2.52. The fourth-order valence-electron chi connectivity index (χ4n) is 2.90. The van der Waals surface area contributed by atoms with Gasteiger partial charge in [0.1, 0.15) is 17.6 Å². The Morgan fingerprint density at radius 2 is 1.63 bits per heavy atom. The second-order valence-corrected chi connectivity index (χ2v) is 6.31. The van der Waals surface area contributed by atoms with Crippen LogP contribution in [0.4, 0.5) is 0 Å². The van der Waals surface area contributed by atoms with E-state index in [-0.39, 0.29) is 11.8 Å². The summed E-state index contributed by atoms with van der Waals surface area (Å²) in [5.74, 6) is 0.984. The molecule has 27 heavy (non-hydrogen) atoms. The first-order valence-corrected chi connectivity index (χ1v) is 9.03. The summed E-state index contributed by atoms with van der Waals surface area (Å²) >= 11 is 0. The molecule has 1 aliphatic rings. The van der Waals surface area contributed by atoms with E-state index in [1.54, 1.807) is 55.2 Å². The summed E-state index contributed by atoms with van der Waals surface area (Å²) in [6.45, 7) is 7.79. The van der Waals surface area contributed by atoms with Gasteiger partial charge in [-0.2, -0.15) is 0 Å². The minimum atomic E-state index is -0.491. The number of nitrogens with zero attached hydrogens (tertiary/aromatic N) is 2. The molecule has 0 spiro atoms. The van der Waals surface area contributed by atoms with Gasteiger partial charge < -0.3 is 24.0 Å². The number of methoxy groups -OCH3 is 2. The van der Waals surface area contributed by atoms with E-state index in [0.717, 1.165) is 0 Å². The highest BCUT2D eigenvalue weighted by molar-refractivity contribution is 5.95. The Morgan fingerprint density at radius 1 is 1.07 bits per heavy atom. The van der Waals surface area contributed by atoms with Gasteiger partial charge in [0.25, 0.3) is 11.8 Å². The van der Waals surface area contributed by atoms with E-state index in [1.807, 2.05) is 0 Å². The van der Waals surface area contributed by atoms with Crippen LogP contribution in [0.15, 0.2) is 30.9 Å². The third-order valence-electron chi connectivity index (χ3n) is 4.51. The Kier molecular flexibility index (Phi) is 7.67. The van der Waals surface area contributed by atoms with Crippen LogP contribution in [0, 0.1) is 0 Å². The van der Waals surface area contributed by atoms with Crippen molar-refractivity contribution in [1.82, 2.24) is 9.80 Å². The maximum Gasteiger partial charge on any atom is 0.254 e. The summed E-state index contributed by atoms with van der Waals surface area (Å²) in [7, 11) is 3.09. The van der Waals surface area contributed by atoms with Crippen LogP contribution in [0.5, 0.6) is 11.5 Å². The first kappa shape index (κ1) is 20.8. The zero-order valence-corrected chi connectivity index (χ0v) is 16.3. The second kappa shape index (κ2) is 9.97. The summed E-state index contributed by atoms with van der Waals surface area (Å²) in [4.78, 5) is 28.7. The van der Waals surface area contributed by atoms with Crippen LogP contribution in [0.2, 0.25) is 0 Å². The van der Waals surface area contributed by atoms with Gasteiger partial charge in [-0.25, -0.2) is 0 Å². The third-order valence-corrected chi connectivity index (χ3v) is 4.51. The van der Waals surface area contributed by atoms with Crippen LogP contribution in [-0.2, 0) is 9.53 Å². The Labute approximate surface area is 160 Å². The number of benzene rings is 1. The number of hydrogen-bond donors (Lipinski definition) is 0. The summed E-state index contributed by atoms with van der Waals surface area (Å²) < 4.78 is 16.0. The Balaban J connectivity index is 1.94. The standard InChI is InChI=1S/C20H28N2O5/c1-5-6-11-27-15(2)19(23)21-7-9-22(10-8-21)20(24)16-12-17(25-3)14-18(13-16)26-4/h5,12-15H,1,6-11H2,2-4H3. The summed E-state index contributed by atoms with van der Waals surface area (Å²) in [6.07, 6.45) is 1.98. The van der Waals surface area contributed by atoms with Crippen LogP contribution in [0.25, 0.3) is 0 Å². The minimum absolute atomic E-state index is 0.0470. The zero-order valence-electron chi connectivity index (χ0n) is 16.3. The van der Waals surface area contributed by atoms with Crippen molar-refractivity contribution in [3.05, 3.63) is 36.4 Å². The molecular formula is C20H28N2O5. The average Bonchev–Trinajstić information content (AvgIpc) is 2.72. The van der Waals surface area contributed by atoms with Crippen LogP contribution in [0.1, 0.15) is 23.7 Å². The largest absolute Gasteiger partial charge is 0.497 e. The summed E-state index contributed by atoms with van der Waals surface area (Å²) in [6, 6.07) is 5.11. The lowest BCUT2D eigenvalue weighted by atomic mass is 10.1. The Morgan fingerprint density at radius 3 is 2.15 bits per heavy atom. The molecule has 0 aromatic heterocycles. The molecule has 7 heteroatoms. The lowest BCUT2D eigenvalue weighted by Gasteiger charge is -2.36. The van der Waals surface area contributed by atoms with Crippen molar-refractivity contribution in [3.63, 3.8) is 0 Å². The van der Waals surface area contributed by atoms with Gasteiger partial charge in [0.05, 0.1) is 20.8 Å². The molecule has 0 aliphatic carbocycles. The van der Waals surface area contributed by atoms with Crippen molar-refractivity contribution >= 4 is 11.8 Å². The first-order chi connectivity index (χ1) is 13.0. The van der Waals surface area contributed by atoms with Gasteiger partial charge in [-0.3, -0.25) is 9.59 Å². The van der Waals surface area contributed by atoms with E-state index in [9.17, 15) is 9.59 Å². The molecule has 0 bridgehead atoms. The molecule has 2 amide bonds. The van der Waals surface area contributed by atoms with Crippen molar-refractivity contribution in [3.8, 4) is 11.5 Å². The fraction of sp³-hybridized carbons (Fsp3) is 0.500. The zero-order chi connectivity index (χ0) is 19.8. The SMILES string of the molecule is C=CCCOC(C)C(=O)N1CCN(C(=O)c2cc(OC)cc(OC)c2)CC1. The molecule has 1 saturated heterocycles. The molecular weight excluding hydrogens is 348 g/mol. The maximum absolute atomic E-state index is 12.8. The molecule has 148 valence electrons. The van der Waals surface area contributed by atoms with Crippen LogP contribution in [-0.4, -0.2) is 74.7 Å². The van der Waals surface area contributed by atoms with Gasteiger partial charge in [-0.1, -0.05) is 6.08 Å². The molecule has 2 rings (SSSR count). The Bertz CT molecular complexity index is 646. The fourth-order valence-corrected chi connectivity index (χ4v) is 2.90. The van der Waals surface area contributed by atoms with Crippen LogP contribution < -0.4 is 9.47 Å². The predicted octanol–water partition coefficient (Wildman–Crippen LogP) is 1.97. The van der Waals surface area contributed by atoms with Gasteiger partial charge in [-0.15, -0.1) is 6.58 Å². The predicted molar refractivity (Wildman–Crippen MR) is 102 cm³/mol. The molecule has 1 aliphatic heterocycles. The van der Waals surface area contributed by atoms with Crippen molar-refractivity contribution in [2.75, 3.05) is 47.0 Å². The molecule has 0 N–H and O–H groups in total. The number of piperazine rings is 1. The highest BCUT2D eigenvalue weighted by Crippen LogP contribution is 2.24. The van der Waals surface area contributed by atoms with Gasteiger partial charge in [0, 0.05) is 37.8 Å². The summed E-state index contributed by atoms with van der Waals surface area (Å²) in [5, 5.41) is 0. The number of ether oxygens (including phenoxy) is 3. The number of carbonyl (C=O) groups is 2. The molecule has 1 heterocycles. The average molecular weight is 376 g/mol. The quantitative estimate of drug-likeness (QED) is 0.513. The first-order valence-electron chi connectivity index (χ1n) is 9.03. The Hall–Kier alpha value is -2.54. The maximum atomic E-state index is 12.8. The molecule has 7 nitrogen and oxygen atoms in total. The van der Waals surface area contributed by atoms with E-state index in [4.69, 9.17) is 14.2 Å². The van der Waals surface area contributed by atoms with Crippen molar-refractivity contribution in [2.24, 2.45) is 0 Å². The molecule has 0 radical (unpaired) electrons. The lowest BCUT2D eigenvalue weighted by molar-refractivity contribution is -0.144. The molecule has 0 saturated carbocycles. The van der Waals surface area contributed by atoms with Crippen LogP contribution >= 0.6 is 0 Å². The van der Waals surface area contributed by atoms with E-state index < -0.39 is 6.10 Å². The van der Waals surface area contributed by atoms with E-state index in [1.165, 1.54) is 0 Å². The highest BCUT2D eigenvalue weighted by Gasteiger charge is 2.28. The monoisotopic (exact) mass is 376 g/mol. The smallest absolute Gasteiger partial charge is 0.254 e. The number of carbonyl (C=O) groups excluding carboxylic acids is 2. The number of rotatable bonds is 8. The van der Waals surface area contributed by atoms with Crippen molar-refractivity contribution in [1.29, 1.82) is 0 Å². The molecule has 1 fully saturated rings. The van der Waals surface area contributed by atoms with E-state index >= 15 is 0 Å². The van der Waals surface area contributed by atoms with E-state index in [2.05, 4.69) is 6.58 Å². The minimum Gasteiger partial charge on any atom is -0.497 e. The van der Waals surface area contributed by atoms with Crippen molar-refractivity contribution in [2.45, 2.75) is 19.4 Å². The molecule has 1 unspecified atom stereocenters. The van der Waals surface area contributed by atoms with Gasteiger partial charge in [-0.05, 0) is 25.5 Å². The molecule has 1 atom stereocenters. The van der Waals surface area contributed by atoms with Crippen LogP contribution in [0.3, 0.4) is 0 Å². The number of hydrogen-bond acceptors (Lipinski definition) is 5. The second-order valence-electron chi connectivity index (χ2n) is 6.31. The van der Waals surface area contributed by atoms with Gasteiger partial charge in [0.15, 0.2) is 0 Å². The molecule has 1 aromatic carbocycles. The third kappa shape index (κ3) is 5.47. The van der Waals surface area contributed by atoms with Gasteiger partial charge >= 0.3 is 0 Å². The van der Waals surface area contributed by atoms with Crippen molar-refractivity contribution < 1.29 is 23.8 Å².